The van der Waals surface area contributed by atoms with Gasteiger partial charge in [-0.05, 0) is 44.9 Å². The van der Waals surface area contributed by atoms with Gasteiger partial charge >= 0.3 is 0 Å². The van der Waals surface area contributed by atoms with Crippen LogP contribution in [0.15, 0.2) is 0 Å². The van der Waals surface area contributed by atoms with Crippen LogP contribution < -0.4 is 5.32 Å². The minimum atomic E-state index is -1.08. The highest BCUT2D eigenvalue weighted by Crippen LogP contribution is 2.45. The third kappa shape index (κ3) is 8.04. The summed E-state index contributed by atoms with van der Waals surface area (Å²) < 4.78 is 5.07. The summed E-state index contributed by atoms with van der Waals surface area (Å²) in [6, 6.07) is 0. The second kappa shape index (κ2) is 9.41. The molecule has 0 saturated carbocycles. The molecule has 0 amide bonds. The van der Waals surface area contributed by atoms with Gasteiger partial charge in [-0.1, -0.05) is 0 Å². The molecule has 1 unspecified atom stereocenters. The fraction of sp³-hybridized carbons (Fsp3) is 0.909. The van der Waals surface area contributed by atoms with Crippen molar-refractivity contribution in [1.29, 1.82) is 0 Å². The van der Waals surface area contributed by atoms with Crippen molar-refractivity contribution < 1.29 is 9.84 Å². The molecule has 0 spiro atoms. The molecule has 0 radical (unpaired) electrons. The van der Waals surface area contributed by atoms with Crippen LogP contribution in [0.5, 0.6) is 0 Å². The number of aliphatic hydroxyl groups excluding tert-OH is 1. The number of hydrogen-bond acceptors (Lipinski definition) is 3. The maximum atomic E-state index is 8.88. The molecule has 0 aliphatic rings. The molecule has 0 rings (SSSR count). The minimum Gasteiger partial charge on any atom is -0.396 e. The normalized spacial score (nSPS) is 15.1. The van der Waals surface area contributed by atoms with Gasteiger partial charge in [-0.2, -0.15) is 0 Å². The highest BCUT2D eigenvalue weighted by molar-refractivity contribution is 7.73. The van der Waals surface area contributed by atoms with Gasteiger partial charge < -0.3 is 15.2 Å². The molecule has 3 nitrogen and oxygen atoms in total. The molecule has 92 valence electrons. The van der Waals surface area contributed by atoms with Gasteiger partial charge in [0.05, 0.1) is 0 Å². The Bertz CT molecular complexity index is 173. The minimum absolute atomic E-state index is 0.293. The van der Waals surface area contributed by atoms with Crippen LogP contribution in [0.1, 0.15) is 12.8 Å². The topological polar surface area (TPSA) is 41.5 Å². The Morgan fingerprint density at radius 1 is 1.27 bits per heavy atom. The van der Waals surface area contributed by atoms with Crippen molar-refractivity contribution in [1.82, 2.24) is 5.32 Å². The van der Waals surface area contributed by atoms with Gasteiger partial charge in [0, 0.05) is 20.3 Å². The van der Waals surface area contributed by atoms with E-state index in [9.17, 15) is 0 Å². The van der Waals surface area contributed by atoms with Crippen molar-refractivity contribution in [3.63, 3.8) is 0 Å². The molecule has 0 fully saturated rings. The number of ether oxygens (including phenoxy) is 1. The zero-order valence-electron chi connectivity index (χ0n) is 10.2. The van der Waals surface area contributed by atoms with Gasteiger partial charge in [-0.25, -0.2) is 0 Å². The van der Waals surface area contributed by atoms with Gasteiger partial charge in [0.1, 0.15) is 0 Å². The second-order valence-electron chi connectivity index (χ2n) is 4.04. The molecule has 0 aromatic carbocycles. The Kier molecular flexibility index (Phi) is 9.52. The molecule has 0 bridgehead atoms. The Morgan fingerprint density at radius 3 is 2.47 bits per heavy atom. The van der Waals surface area contributed by atoms with E-state index < -0.39 is 6.89 Å². The van der Waals surface area contributed by atoms with Gasteiger partial charge in [0.15, 0.2) is 0 Å². The molecular formula is C11H26NO2P. The van der Waals surface area contributed by atoms with E-state index in [1.807, 2.05) is 7.05 Å². The quantitative estimate of drug-likeness (QED) is 0.440. The third-order valence-electron chi connectivity index (χ3n) is 2.61. The van der Waals surface area contributed by atoms with Crippen LogP contribution in [0.4, 0.5) is 0 Å². The highest BCUT2D eigenvalue weighted by atomic mass is 31.2. The summed E-state index contributed by atoms with van der Waals surface area (Å²) in [7, 11) is 3.72. The fourth-order valence-corrected chi connectivity index (χ4v) is 4.62. The first-order valence-corrected chi connectivity index (χ1v) is 8.16. The Hall–Kier alpha value is 0.180. The van der Waals surface area contributed by atoms with Crippen LogP contribution in [-0.2, 0) is 4.74 Å². The molecule has 2 N–H and O–H groups in total. The fourth-order valence-electron chi connectivity index (χ4n) is 1.63. The predicted molar refractivity (Wildman–Crippen MR) is 70.8 cm³/mol. The maximum Gasteiger partial charge on any atom is 0.0465 e. The Morgan fingerprint density at radius 2 is 1.93 bits per heavy atom. The maximum absolute atomic E-state index is 8.88. The molecule has 0 aromatic heterocycles. The smallest absolute Gasteiger partial charge is 0.0465 e. The molecule has 0 heterocycles. The first-order chi connectivity index (χ1) is 7.18. The molecule has 0 saturated heterocycles. The monoisotopic (exact) mass is 235 g/mol. The number of methoxy groups -OCH3 is 1. The van der Waals surface area contributed by atoms with Gasteiger partial charge in [0.25, 0.3) is 0 Å². The summed E-state index contributed by atoms with van der Waals surface area (Å²) >= 11 is 0. The van der Waals surface area contributed by atoms with Crippen molar-refractivity contribution in [2.75, 3.05) is 52.4 Å². The second-order valence-corrected chi connectivity index (χ2v) is 8.06. The standard InChI is InChI=1S/C11H26NO2P/c1-12-6-11-15(3,9-4-7-13)10-5-8-14-2/h12-13H,3-11H2,1-2H3. The average molecular weight is 235 g/mol. The summed E-state index contributed by atoms with van der Waals surface area (Å²) in [6.45, 7) is 1.07. The predicted octanol–water partition coefficient (Wildman–Crippen LogP) is 1.07. The van der Waals surface area contributed by atoms with Crippen LogP contribution in [-0.4, -0.2) is 63.8 Å². The van der Waals surface area contributed by atoms with E-state index in [1.165, 1.54) is 12.3 Å². The molecule has 0 aliphatic carbocycles. The van der Waals surface area contributed by atoms with E-state index in [1.54, 1.807) is 7.11 Å². The Balaban J connectivity index is 3.96. The third-order valence-corrected chi connectivity index (χ3v) is 6.31. The zero-order chi connectivity index (χ0) is 11.6. The van der Waals surface area contributed by atoms with E-state index in [4.69, 9.17) is 9.84 Å². The highest BCUT2D eigenvalue weighted by Gasteiger charge is 2.12. The van der Waals surface area contributed by atoms with E-state index in [0.717, 1.165) is 32.2 Å². The van der Waals surface area contributed by atoms with Crippen LogP contribution >= 0.6 is 6.89 Å². The van der Waals surface area contributed by atoms with Crippen molar-refractivity contribution in [3.8, 4) is 0 Å². The van der Waals surface area contributed by atoms with Crippen molar-refractivity contribution in [2.45, 2.75) is 12.8 Å². The van der Waals surface area contributed by atoms with Crippen LogP contribution in [0.25, 0.3) is 0 Å². The van der Waals surface area contributed by atoms with Gasteiger partial charge in [-0.3, -0.25) is 0 Å². The summed E-state index contributed by atoms with van der Waals surface area (Å²) in [5.74, 6) is 0. The summed E-state index contributed by atoms with van der Waals surface area (Å²) in [6.07, 6.45) is 9.88. The van der Waals surface area contributed by atoms with E-state index in [0.29, 0.717) is 6.61 Å². The van der Waals surface area contributed by atoms with E-state index in [2.05, 4.69) is 11.6 Å². The molecule has 0 aromatic rings. The van der Waals surface area contributed by atoms with Crippen molar-refractivity contribution in [2.24, 2.45) is 0 Å². The van der Waals surface area contributed by atoms with Crippen LogP contribution in [0, 0.1) is 0 Å². The SMILES string of the molecule is C=P(CCCO)(CCCOC)CCNC. The van der Waals surface area contributed by atoms with E-state index in [-0.39, 0.29) is 0 Å². The summed E-state index contributed by atoms with van der Waals surface area (Å²) in [4.78, 5) is 0. The zero-order valence-corrected chi connectivity index (χ0v) is 11.1. The number of aliphatic hydroxyl groups is 1. The molecular weight excluding hydrogens is 209 g/mol. The lowest BCUT2D eigenvalue weighted by Gasteiger charge is -2.24. The summed E-state index contributed by atoms with van der Waals surface area (Å²) in [5, 5.41) is 12.1. The number of rotatable bonds is 10. The van der Waals surface area contributed by atoms with Crippen LogP contribution in [0.3, 0.4) is 0 Å². The first-order valence-electron chi connectivity index (χ1n) is 5.63. The van der Waals surface area contributed by atoms with Gasteiger partial charge in [0.2, 0.25) is 0 Å². The van der Waals surface area contributed by atoms with Crippen LogP contribution in [0.2, 0.25) is 0 Å². The lowest BCUT2D eigenvalue weighted by molar-refractivity contribution is 0.200. The first kappa shape index (κ1) is 15.2. The number of nitrogens with one attached hydrogen (secondary N) is 1. The average Bonchev–Trinajstić information content (AvgIpc) is 2.24. The Labute approximate surface area is 94.2 Å². The van der Waals surface area contributed by atoms with Gasteiger partial charge in [-0.15, -0.1) is 13.2 Å². The lowest BCUT2D eigenvalue weighted by Crippen LogP contribution is -2.15. The molecule has 4 heteroatoms. The largest absolute Gasteiger partial charge is 0.396 e. The molecule has 15 heavy (non-hydrogen) atoms. The molecule has 0 aliphatic heterocycles. The summed E-state index contributed by atoms with van der Waals surface area (Å²) in [5.41, 5.74) is 0. The van der Waals surface area contributed by atoms with Crippen molar-refractivity contribution in [3.05, 3.63) is 0 Å². The number of hydrogen-bond donors (Lipinski definition) is 2. The van der Waals surface area contributed by atoms with E-state index >= 15 is 0 Å². The van der Waals surface area contributed by atoms with Crippen molar-refractivity contribution >= 4 is 13.2 Å². The lowest BCUT2D eigenvalue weighted by atomic mass is 10.5. The molecule has 1 atom stereocenters.